The molecule has 4 aliphatic rings. The summed E-state index contributed by atoms with van der Waals surface area (Å²) in [5, 5.41) is 6.69. The summed E-state index contributed by atoms with van der Waals surface area (Å²) in [6.45, 7) is 2.09. The summed E-state index contributed by atoms with van der Waals surface area (Å²) >= 11 is 5.39. The maximum absolute atomic E-state index is 12.1. The van der Waals surface area contributed by atoms with E-state index in [1.165, 1.54) is 37.7 Å². The van der Waals surface area contributed by atoms with Gasteiger partial charge in [-0.15, -0.1) is 0 Å². The van der Waals surface area contributed by atoms with Gasteiger partial charge < -0.3 is 15.4 Å². The third-order valence-electron chi connectivity index (χ3n) is 6.48. The molecule has 4 fully saturated rings. The standard InChI is InChI=1S/C21H28N2O2S/c1-2-13-3-5-18(6-4-13)25-12-19(24)22-21(26)23-20-16-8-14-7-15(10-16)11-17(20)9-14/h3-6,14-17,20H,2,7-12H2,1H3,(H2,22,23,24,26). The van der Waals surface area contributed by atoms with E-state index < -0.39 is 0 Å². The molecule has 0 radical (unpaired) electrons. The summed E-state index contributed by atoms with van der Waals surface area (Å²) in [6.07, 6.45) is 7.76. The average Bonchev–Trinajstić information content (AvgIpc) is 2.63. The molecule has 0 aliphatic heterocycles. The zero-order valence-corrected chi connectivity index (χ0v) is 16.2. The zero-order chi connectivity index (χ0) is 18.1. The van der Waals surface area contributed by atoms with Gasteiger partial charge in [0.15, 0.2) is 11.7 Å². The molecule has 0 unspecified atom stereocenters. The Morgan fingerprint density at radius 1 is 1.08 bits per heavy atom. The first-order chi connectivity index (χ1) is 12.6. The van der Waals surface area contributed by atoms with Gasteiger partial charge in [-0.1, -0.05) is 19.1 Å². The van der Waals surface area contributed by atoms with Crippen LogP contribution in [0.15, 0.2) is 24.3 Å². The van der Waals surface area contributed by atoms with Crippen LogP contribution in [0.25, 0.3) is 0 Å². The first-order valence-corrected chi connectivity index (χ1v) is 10.3. The molecule has 2 N–H and O–H groups in total. The molecule has 4 nitrogen and oxygen atoms in total. The van der Waals surface area contributed by atoms with Crippen molar-refractivity contribution in [3.63, 3.8) is 0 Å². The van der Waals surface area contributed by atoms with Gasteiger partial charge in [-0.3, -0.25) is 4.79 Å². The number of benzene rings is 1. The van der Waals surface area contributed by atoms with Gasteiger partial charge in [-0.05, 0) is 92.1 Å². The number of thiocarbonyl (C=S) groups is 1. The highest BCUT2D eigenvalue weighted by molar-refractivity contribution is 7.80. The fraction of sp³-hybridized carbons (Fsp3) is 0.619. The molecule has 0 aromatic heterocycles. The monoisotopic (exact) mass is 372 g/mol. The van der Waals surface area contributed by atoms with Crippen LogP contribution in [-0.4, -0.2) is 23.7 Å². The van der Waals surface area contributed by atoms with E-state index in [4.69, 9.17) is 17.0 Å². The highest BCUT2D eigenvalue weighted by Crippen LogP contribution is 2.53. The Kier molecular flexibility index (Phi) is 5.16. The molecule has 1 aromatic rings. The van der Waals surface area contributed by atoms with E-state index >= 15 is 0 Å². The van der Waals surface area contributed by atoms with Crippen LogP contribution < -0.4 is 15.4 Å². The first-order valence-electron chi connectivity index (χ1n) is 9.92. The van der Waals surface area contributed by atoms with Crippen LogP contribution in [0.3, 0.4) is 0 Å². The number of carbonyl (C=O) groups excluding carboxylic acids is 1. The van der Waals surface area contributed by atoms with Crippen molar-refractivity contribution in [2.75, 3.05) is 6.61 Å². The molecule has 0 saturated heterocycles. The second kappa shape index (κ2) is 7.55. The number of rotatable bonds is 5. The summed E-state index contributed by atoms with van der Waals surface area (Å²) in [5.41, 5.74) is 1.25. The lowest BCUT2D eigenvalue weighted by Crippen LogP contribution is -2.58. The van der Waals surface area contributed by atoms with Crippen molar-refractivity contribution in [3.8, 4) is 5.75 Å². The number of hydrogen-bond acceptors (Lipinski definition) is 3. The Morgan fingerprint density at radius 3 is 2.27 bits per heavy atom. The molecule has 4 saturated carbocycles. The van der Waals surface area contributed by atoms with Gasteiger partial charge in [0.25, 0.3) is 5.91 Å². The van der Waals surface area contributed by atoms with Crippen molar-refractivity contribution in [2.24, 2.45) is 23.7 Å². The van der Waals surface area contributed by atoms with Crippen LogP contribution in [0.5, 0.6) is 5.75 Å². The Hall–Kier alpha value is -1.62. The van der Waals surface area contributed by atoms with E-state index in [2.05, 4.69) is 17.6 Å². The predicted octanol–water partition coefficient (Wildman–Crippen LogP) is 3.44. The fourth-order valence-electron chi connectivity index (χ4n) is 5.48. The predicted molar refractivity (Wildman–Crippen MR) is 106 cm³/mol. The Morgan fingerprint density at radius 2 is 1.69 bits per heavy atom. The lowest BCUT2D eigenvalue weighted by molar-refractivity contribution is -0.121. The van der Waals surface area contributed by atoms with Crippen LogP contribution in [0.2, 0.25) is 0 Å². The maximum atomic E-state index is 12.1. The van der Waals surface area contributed by atoms with E-state index in [9.17, 15) is 4.79 Å². The van der Waals surface area contributed by atoms with Gasteiger partial charge in [0.1, 0.15) is 5.75 Å². The van der Waals surface area contributed by atoms with Gasteiger partial charge in [-0.2, -0.15) is 0 Å². The van der Waals surface area contributed by atoms with Gasteiger partial charge in [0.05, 0.1) is 0 Å². The summed E-state index contributed by atoms with van der Waals surface area (Å²) < 4.78 is 5.55. The highest BCUT2D eigenvalue weighted by atomic mass is 32.1. The topological polar surface area (TPSA) is 50.4 Å². The molecule has 1 aromatic carbocycles. The minimum Gasteiger partial charge on any atom is -0.484 e. The van der Waals surface area contributed by atoms with Gasteiger partial charge in [-0.25, -0.2) is 0 Å². The fourth-order valence-corrected chi connectivity index (χ4v) is 5.73. The smallest absolute Gasteiger partial charge is 0.264 e. The maximum Gasteiger partial charge on any atom is 0.264 e. The molecule has 5 heteroatoms. The minimum atomic E-state index is -0.203. The van der Waals surface area contributed by atoms with Gasteiger partial charge >= 0.3 is 0 Å². The zero-order valence-electron chi connectivity index (χ0n) is 15.4. The molecular weight excluding hydrogens is 344 g/mol. The van der Waals surface area contributed by atoms with Crippen molar-refractivity contribution < 1.29 is 9.53 Å². The Balaban J connectivity index is 1.23. The van der Waals surface area contributed by atoms with Crippen LogP contribution in [0.4, 0.5) is 0 Å². The molecular formula is C21H28N2O2S. The number of ether oxygens (including phenoxy) is 1. The SMILES string of the molecule is CCc1ccc(OCC(=O)NC(=S)NC2C3CC4CC(C3)CC2C4)cc1. The lowest BCUT2D eigenvalue weighted by Gasteiger charge is -2.54. The third-order valence-corrected chi connectivity index (χ3v) is 6.70. The van der Waals surface area contributed by atoms with Crippen LogP contribution in [0.1, 0.15) is 44.6 Å². The van der Waals surface area contributed by atoms with E-state index in [-0.39, 0.29) is 12.5 Å². The molecule has 26 heavy (non-hydrogen) atoms. The normalized spacial score (nSPS) is 31.5. The molecule has 4 aliphatic carbocycles. The highest BCUT2D eigenvalue weighted by Gasteiger charge is 2.48. The molecule has 4 bridgehead atoms. The van der Waals surface area contributed by atoms with E-state index in [1.54, 1.807) is 0 Å². The summed E-state index contributed by atoms with van der Waals surface area (Å²) in [4.78, 5) is 12.1. The second-order valence-corrected chi connectivity index (χ2v) is 8.67. The molecule has 140 valence electrons. The lowest BCUT2D eigenvalue weighted by atomic mass is 9.54. The molecule has 0 heterocycles. The molecule has 0 spiro atoms. The Labute approximate surface area is 161 Å². The van der Waals surface area contributed by atoms with Crippen LogP contribution in [0, 0.1) is 23.7 Å². The van der Waals surface area contributed by atoms with Crippen molar-refractivity contribution in [2.45, 2.75) is 51.5 Å². The van der Waals surface area contributed by atoms with E-state index in [0.29, 0.717) is 16.9 Å². The number of amides is 1. The Bertz CT molecular complexity index is 645. The third kappa shape index (κ3) is 3.88. The summed E-state index contributed by atoms with van der Waals surface area (Å²) in [5.74, 6) is 3.84. The van der Waals surface area contributed by atoms with Crippen LogP contribution in [-0.2, 0) is 11.2 Å². The average molecular weight is 373 g/mol. The van der Waals surface area contributed by atoms with Crippen molar-refractivity contribution in [1.29, 1.82) is 0 Å². The number of aryl methyl sites for hydroxylation is 1. The number of nitrogens with one attached hydrogen (secondary N) is 2. The number of hydrogen-bond donors (Lipinski definition) is 2. The molecule has 1 amide bonds. The first kappa shape index (κ1) is 17.8. The van der Waals surface area contributed by atoms with Crippen molar-refractivity contribution in [1.82, 2.24) is 10.6 Å². The quantitative estimate of drug-likeness (QED) is 0.778. The van der Waals surface area contributed by atoms with Crippen LogP contribution >= 0.6 is 12.2 Å². The van der Waals surface area contributed by atoms with Gasteiger partial charge in [0, 0.05) is 6.04 Å². The van der Waals surface area contributed by atoms with Crippen molar-refractivity contribution in [3.05, 3.63) is 29.8 Å². The summed E-state index contributed by atoms with van der Waals surface area (Å²) in [7, 11) is 0. The molecule has 5 rings (SSSR count). The van der Waals surface area contributed by atoms with Crippen molar-refractivity contribution >= 4 is 23.2 Å². The largest absolute Gasteiger partial charge is 0.484 e. The summed E-state index contributed by atoms with van der Waals surface area (Å²) in [6, 6.07) is 8.28. The van der Waals surface area contributed by atoms with E-state index in [0.717, 1.165) is 30.1 Å². The van der Waals surface area contributed by atoms with E-state index in [1.807, 2.05) is 24.3 Å². The number of carbonyl (C=O) groups is 1. The molecule has 0 atom stereocenters. The minimum absolute atomic E-state index is 0.0189. The second-order valence-electron chi connectivity index (χ2n) is 8.26. The van der Waals surface area contributed by atoms with Gasteiger partial charge in [0.2, 0.25) is 0 Å².